The van der Waals surface area contributed by atoms with Crippen molar-refractivity contribution in [2.75, 3.05) is 0 Å². The predicted molar refractivity (Wildman–Crippen MR) is 156 cm³/mol. The Morgan fingerprint density at radius 2 is 1.67 bits per heavy atom. The SMILES string of the molecule is CCC[CH2][Sn](/[CH]=C1/C[C@@]2(CCC(=O)O2)C(=O)N2C1CC[C@H]2C(=O)OCc1ccccc1)([CH2]CCC)[CH2]CCC. The van der Waals surface area contributed by atoms with Gasteiger partial charge in [-0.05, 0) is 0 Å². The van der Waals surface area contributed by atoms with Crippen LogP contribution in [0.4, 0.5) is 0 Å². The number of carbonyl (C=O) groups excluding carboxylic acids is 3. The molecule has 6 nitrogen and oxygen atoms in total. The van der Waals surface area contributed by atoms with E-state index in [1.54, 1.807) is 4.90 Å². The third-order valence-corrected chi connectivity index (χ3v) is 23.4. The van der Waals surface area contributed by atoms with Crippen LogP contribution in [0, 0.1) is 0 Å². The average Bonchev–Trinajstić information content (AvgIpc) is 3.56. The van der Waals surface area contributed by atoms with Crippen LogP contribution in [0.3, 0.4) is 0 Å². The maximum atomic E-state index is 14.0. The molecule has 0 aliphatic carbocycles. The number of benzene rings is 1. The summed E-state index contributed by atoms with van der Waals surface area (Å²) in [5.74, 6) is -0.847. The molecule has 1 spiro atoms. The van der Waals surface area contributed by atoms with E-state index < -0.39 is 30.0 Å². The summed E-state index contributed by atoms with van der Waals surface area (Å²) in [6.07, 6.45) is 9.90. The van der Waals surface area contributed by atoms with Crippen LogP contribution in [0.25, 0.3) is 0 Å². The molecule has 3 heterocycles. The predicted octanol–water partition coefficient (Wildman–Crippen LogP) is 6.88. The first kappa shape index (κ1) is 30.1. The van der Waals surface area contributed by atoms with Gasteiger partial charge in [0.15, 0.2) is 0 Å². The number of nitrogens with zero attached hydrogens (tertiary/aromatic N) is 1. The van der Waals surface area contributed by atoms with E-state index in [2.05, 4.69) is 24.9 Å². The standard InChI is InChI=1S/C20H20NO5.3C4H9.Sn/c1-13-11-20(10-9-17(22)26-20)19(24)21-15(13)7-8-16(21)18(23)25-12-14-5-3-2-4-6-14;3*1-3-4-2;/h1-6,15-16H,7-12H2;3*1,3-4H2,2H3;/t15?,16-,20-;;;;/m0..../s1. The molecule has 0 aromatic heterocycles. The third-order valence-electron chi connectivity index (χ3n) is 9.04. The minimum atomic E-state index is -2.72. The van der Waals surface area contributed by atoms with Gasteiger partial charge < -0.3 is 0 Å². The van der Waals surface area contributed by atoms with Crippen LogP contribution in [-0.4, -0.2) is 58.8 Å². The Kier molecular flexibility index (Phi) is 10.6. The average molecular weight is 644 g/mol. The summed E-state index contributed by atoms with van der Waals surface area (Å²) in [5.41, 5.74) is 1.05. The first-order valence-electron chi connectivity index (χ1n) is 15.3. The van der Waals surface area contributed by atoms with E-state index in [4.69, 9.17) is 9.47 Å². The molecule has 1 aromatic carbocycles. The summed E-state index contributed by atoms with van der Waals surface area (Å²) in [4.78, 5) is 41.5. The van der Waals surface area contributed by atoms with E-state index in [1.807, 2.05) is 30.3 Å². The molecule has 3 atom stereocenters. The van der Waals surface area contributed by atoms with Gasteiger partial charge in [0, 0.05) is 0 Å². The van der Waals surface area contributed by atoms with Gasteiger partial charge in [0.25, 0.3) is 0 Å². The zero-order valence-electron chi connectivity index (χ0n) is 24.2. The molecule has 3 saturated heterocycles. The fourth-order valence-corrected chi connectivity index (χ4v) is 22.4. The number of piperidine rings is 1. The number of fused-ring (bicyclic) bond motifs is 1. The molecule has 39 heavy (non-hydrogen) atoms. The molecule has 1 amide bonds. The maximum absolute atomic E-state index is 14.0. The Morgan fingerprint density at radius 3 is 2.23 bits per heavy atom. The molecule has 1 aromatic rings. The zero-order chi connectivity index (χ0) is 27.9. The molecule has 214 valence electrons. The van der Waals surface area contributed by atoms with Gasteiger partial charge >= 0.3 is 240 Å². The second kappa shape index (κ2) is 13.7. The molecule has 1 unspecified atom stereocenters. The van der Waals surface area contributed by atoms with Crippen molar-refractivity contribution in [3.8, 4) is 0 Å². The molecule has 3 fully saturated rings. The van der Waals surface area contributed by atoms with E-state index in [9.17, 15) is 14.4 Å². The van der Waals surface area contributed by atoms with E-state index >= 15 is 0 Å². The van der Waals surface area contributed by atoms with Crippen molar-refractivity contribution < 1.29 is 23.9 Å². The van der Waals surface area contributed by atoms with Gasteiger partial charge in [-0.3, -0.25) is 0 Å². The summed E-state index contributed by atoms with van der Waals surface area (Å²) in [6.45, 7) is 7.02. The zero-order valence-corrected chi connectivity index (χ0v) is 27.1. The molecule has 4 rings (SSSR count). The summed E-state index contributed by atoms with van der Waals surface area (Å²) >= 11 is -2.72. The van der Waals surface area contributed by atoms with Crippen molar-refractivity contribution in [3.05, 3.63) is 45.6 Å². The Bertz CT molecular complexity index is 1020. The number of amides is 1. The van der Waals surface area contributed by atoms with E-state index in [0.717, 1.165) is 12.0 Å². The Labute approximate surface area is 238 Å². The fourth-order valence-electron chi connectivity index (χ4n) is 6.89. The number of hydrogen-bond donors (Lipinski definition) is 0. The monoisotopic (exact) mass is 645 g/mol. The van der Waals surface area contributed by atoms with Crippen LogP contribution in [0.1, 0.15) is 97.0 Å². The third kappa shape index (κ3) is 6.91. The number of rotatable bonds is 13. The quantitative estimate of drug-likeness (QED) is 0.173. The van der Waals surface area contributed by atoms with Crippen molar-refractivity contribution in [1.82, 2.24) is 4.90 Å². The van der Waals surface area contributed by atoms with Crippen molar-refractivity contribution in [1.29, 1.82) is 0 Å². The van der Waals surface area contributed by atoms with E-state index in [-0.39, 0.29) is 36.9 Å². The number of esters is 2. The number of hydrogen-bond acceptors (Lipinski definition) is 5. The molecule has 0 saturated carbocycles. The van der Waals surface area contributed by atoms with Crippen molar-refractivity contribution in [2.45, 2.75) is 129 Å². The van der Waals surface area contributed by atoms with Gasteiger partial charge in [0.1, 0.15) is 0 Å². The second-order valence-electron chi connectivity index (χ2n) is 12.0. The van der Waals surface area contributed by atoms with Crippen LogP contribution in [-0.2, 0) is 30.5 Å². The molecule has 0 N–H and O–H groups in total. The minimum absolute atomic E-state index is 0.0855. The Morgan fingerprint density at radius 1 is 1.03 bits per heavy atom. The topological polar surface area (TPSA) is 72.9 Å². The van der Waals surface area contributed by atoms with Crippen molar-refractivity contribution in [3.63, 3.8) is 0 Å². The first-order chi connectivity index (χ1) is 18.9. The Balaban J connectivity index is 1.67. The van der Waals surface area contributed by atoms with Crippen LogP contribution < -0.4 is 0 Å². The fraction of sp³-hybridized carbons (Fsp3) is 0.656. The van der Waals surface area contributed by atoms with Gasteiger partial charge in [-0.2, -0.15) is 0 Å². The van der Waals surface area contributed by atoms with Crippen LogP contribution in [0.15, 0.2) is 40.0 Å². The van der Waals surface area contributed by atoms with Crippen molar-refractivity contribution in [2.24, 2.45) is 0 Å². The van der Waals surface area contributed by atoms with Crippen LogP contribution in [0.2, 0.25) is 13.3 Å². The van der Waals surface area contributed by atoms with Gasteiger partial charge in [0.2, 0.25) is 0 Å². The van der Waals surface area contributed by atoms with Gasteiger partial charge in [-0.1, -0.05) is 0 Å². The summed E-state index contributed by atoms with van der Waals surface area (Å²) in [5, 5.41) is 0. The van der Waals surface area contributed by atoms with Crippen LogP contribution >= 0.6 is 0 Å². The molecule has 0 bridgehead atoms. The Hall–Kier alpha value is -1.83. The van der Waals surface area contributed by atoms with E-state index in [0.29, 0.717) is 19.3 Å². The molecular formula is C32H47NO5Sn. The van der Waals surface area contributed by atoms with Gasteiger partial charge in [0.05, 0.1) is 0 Å². The second-order valence-corrected chi connectivity index (χ2v) is 24.8. The number of carbonyl (C=O) groups is 3. The van der Waals surface area contributed by atoms with Gasteiger partial charge in [-0.15, -0.1) is 0 Å². The molecular weight excluding hydrogens is 597 g/mol. The number of unbranched alkanes of at least 4 members (excludes halogenated alkanes) is 3. The molecule has 0 radical (unpaired) electrons. The van der Waals surface area contributed by atoms with Crippen LogP contribution in [0.5, 0.6) is 0 Å². The van der Waals surface area contributed by atoms with Gasteiger partial charge in [-0.25, -0.2) is 0 Å². The summed E-state index contributed by atoms with van der Waals surface area (Å²) in [6, 6.07) is 8.93. The normalized spacial score (nSPS) is 25.8. The van der Waals surface area contributed by atoms with Crippen molar-refractivity contribution >= 4 is 36.2 Å². The summed E-state index contributed by atoms with van der Waals surface area (Å²) in [7, 11) is 0. The molecule has 7 heteroatoms. The summed E-state index contributed by atoms with van der Waals surface area (Å²) < 4.78 is 18.3. The molecule has 3 aliphatic rings. The number of ether oxygens (including phenoxy) is 2. The molecule has 3 aliphatic heterocycles. The first-order valence-corrected chi connectivity index (χ1v) is 23.0. The van der Waals surface area contributed by atoms with E-state index in [1.165, 1.54) is 57.4 Å².